The lowest BCUT2D eigenvalue weighted by Gasteiger charge is -2.08. The second kappa shape index (κ2) is 6.68. The lowest BCUT2D eigenvalue weighted by Crippen LogP contribution is -2.01. The summed E-state index contributed by atoms with van der Waals surface area (Å²) in [5.74, 6) is 0.971. The highest BCUT2D eigenvalue weighted by atomic mass is 35.5. The van der Waals surface area contributed by atoms with E-state index >= 15 is 0 Å². The van der Waals surface area contributed by atoms with E-state index in [0.29, 0.717) is 0 Å². The summed E-state index contributed by atoms with van der Waals surface area (Å²) in [6, 6.07) is 6.24. The van der Waals surface area contributed by atoms with E-state index in [2.05, 4.69) is 19.1 Å². The lowest BCUT2D eigenvalue weighted by atomic mass is 10.1. The number of nitrogens with two attached hydrogens (primary N) is 1. The monoisotopic (exact) mass is 215 g/mol. The summed E-state index contributed by atoms with van der Waals surface area (Å²) in [4.78, 5) is 0. The minimum absolute atomic E-state index is 0. The summed E-state index contributed by atoms with van der Waals surface area (Å²) in [7, 11) is 1.70. The molecule has 14 heavy (non-hydrogen) atoms. The van der Waals surface area contributed by atoms with Crippen LogP contribution < -0.4 is 10.5 Å². The molecule has 0 fully saturated rings. The van der Waals surface area contributed by atoms with Crippen LogP contribution in [0.3, 0.4) is 0 Å². The standard InChI is InChI=1S/C11H17NO.ClH/c1-9-5-6-11(13-2)10(8-9)4-3-7-12;/h5-6,8H,3-4,7,12H2,1-2H3;1H. The zero-order valence-electron chi connectivity index (χ0n) is 8.75. The van der Waals surface area contributed by atoms with Crippen molar-refractivity contribution in [3.05, 3.63) is 29.3 Å². The molecular formula is C11H18ClNO. The summed E-state index contributed by atoms with van der Waals surface area (Å²) >= 11 is 0. The summed E-state index contributed by atoms with van der Waals surface area (Å²) in [6.45, 7) is 2.82. The van der Waals surface area contributed by atoms with Gasteiger partial charge in [-0.05, 0) is 37.9 Å². The molecule has 0 saturated carbocycles. The number of rotatable bonds is 4. The van der Waals surface area contributed by atoms with E-state index in [1.165, 1.54) is 11.1 Å². The van der Waals surface area contributed by atoms with Crippen molar-refractivity contribution in [3.8, 4) is 5.75 Å². The first-order valence-electron chi connectivity index (χ1n) is 4.61. The topological polar surface area (TPSA) is 35.2 Å². The molecular weight excluding hydrogens is 198 g/mol. The molecule has 0 aromatic heterocycles. The Morgan fingerprint density at radius 1 is 1.36 bits per heavy atom. The molecule has 0 unspecified atom stereocenters. The quantitative estimate of drug-likeness (QED) is 0.837. The fourth-order valence-electron chi connectivity index (χ4n) is 1.40. The molecule has 2 N–H and O–H groups in total. The molecule has 1 aromatic rings. The highest BCUT2D eigenvalue weighted by Crippen LogP contribution is 2.20. The normalized spacial score (nSPS) is 9.36. The first-order valence-corrected chi connectivity index (χ1v) is 4.61. The van der Waals surface area contributed by atoms with Gasteiger partial charge in [0.15, 0.2) is 0 Å². The Morgan fingerprint density at radius 2 is 2.07 bits per heavy atom. The van der Waals surface area contributed by atoms with Gasteiger partial charge in [-0.3, -0.25) is 0 Å². The van der Waals surface area contributed by atoms with Gasteiger partial charge in [0.05, 0.1) is 7.11 Å². The highest BCUT2D eigenvalue weighted by Gasteiger charge is 2.01. The van der Waals surface area contributed by atoms with Gasteiger partial charge in [0, 0.05) is 0 Å². The average molecular weight is 216 g/mol. The number of methoxy groups -OCH3 is 1. The van der Waals surface area contributed by atoms with Gasteiger partial charge in [-0.1, -0.05) is 17.7 Å². The van der Waals surface area contributed by atoms with Crippen molar-refractivity contribution in [2.24, 2.45) is 5.73 Å². The van der Waals surface area contributed by atoms with Crippen molar-refractivity contribution in [2.45, 2.75) is 19.8 Å². The Balaban J connectivity index is 0.00000169. The predicted molar refractivity (Wildman–Crippen MR) is 62.4 cm³/mol. The van der Waals surface area contributed by atoms with Gasteiger partial charge in [0.1, 0.15) is 5.75 Å². The maximum absolute atomic E-state index is 5.47. The Morgan fingerprint density at radius 3 is 2.64 bits per heavy atom. The predicted octanol–water partition coefficient (Wildman–Crippen LogP) is 2.32. The number of aryl methyl sites for hydroxylation is 2. The van der Waals surface area contributed by atoms with Gasteiger partial charge in [-0.2, -0.15) is 0 Å². The number of halogens is 1. The van der Waals surface area contributed by atoms with Gasteiger partial charge < -0.3 is 10.5 Å². The van der Waals surface area contributed by atoms with Crippen molar-refractivity contribution in [1.29, 1.82) is 0 Å². The van der Waals surface area contributed by atoms with E-state index in [1.54, 1.807) is 7.11 Å². The number of benzene rings is 1. The summed E-state index contributed by atoms with van der Waals surface area (Å²) in [5, 5.41) is 0. The molecule has 0 atom stereocenters. The van der Waals surface area contributed by atoms with Crippen molar-refractivity contribution in [2.75, 3.05) is 13.7 Å². The molecule has 0 amide bonds. The maximum Gasteiger partial charge on any atom is 0.122 e. The van der Waals surface area contributed by atoms with Gasteiger partial charge in [-0.15, -0.1) is 12.4 Å². The molecule has 0 saturated heterocycles. The van der Waals surface area contributed by atoms with Crippen molar-refractivity contribution >= 4 is 12.4 Å². The fraction of sp³-hybridized carbons (Fsp3) is 0.455. The molecule has 0 radical (unpaired) electrons. The van der Waals surface area contributed by atoms with Crippen LogP contribution in [-0.2, 0) is 6.42 Å². The van der Waals surface area contributed by atoms with E-state index < -0.39 is 0 Å². The van der Waals surface area contributed by atoms with Crippen LogP contribution in [-0.4, -0.2) is 13.7 Å². The van der Waals surface area contributed by atoms with E-state index in [9.17, 15) is 0 Å². The van der Waals surface area contributed by atoms with Gasteiger partial charge in [0.25, 0.3) is 0 Å². The summed E-state index contributed by atoms with van der Waals surface area (Å²) in [6.07, 6.45) is 2.02. The van der Waals surface area contributed by atoms with Crippen LogP contribution in [0.1, 0.15) is 17.5 Å². The van der Waals surface area contributed by atoms with Crippen LogP contribution in [0.15, 0.2) is 18.2 Å². The molecule has 0 aliphatic carbocycles. The first-order chi connectivity index (χ1) is 6.27. The molecule has 2 nitrogen and oxygen atoms in total. The third kappa shape index (κ3) is 3.56. The number of ether oxygens (including phenoxy) is 1. The van der Waals surface area contributed by atoms with Crippen LogP contribution >= 0.6 is 12.4 Å². The average Bonchev–Trinajstić information content (AvgIpc) is 2.15. The fourth-order valence-corrected chi connectivity index (χ4v) is 1.40. The van der Waals surface area contributed by atoms with Crippen molar-refractivity contribution in [1.82, 2.24) is 0 Å². The lowest BCUT2D eigenvalue weighted by molar-refractivity contribution is 0.409. The van der Waals surface area contributed by atoms with Crippen molar-refractivity contribution < 1.29 is 4.74 Å². The van der Waals surface area contributed by atoms with Gasteiger partial charge >= 0.3 is 0 Å². The second-order valence-corrected chi connectivity index (χ2v) is 3.21. The number of hydrogen-bond acceptors (Lipinski definition) is 2. The Labute approximate surface area is 91.9 Å². The van der Waals surface area contributed by atoms with Gasteiger partial charge in [0.2, 0.25) is 0 Å². The summed E-state index contributed by atoms with van der Waals surface area (Å²) in [5.41, 5.74) is 7.99. The molecule has 0 aliphatic rings. The summed E-state index contributed by atoms with van der Waals surface area (Å²) < 4.78 is 5.26. The molecule has 0 bridgehead atoms. The van der Waals surface area contributed by atoms with Crippen molar-refractivity contribution in [3.63, 3.8) is 0 Å². The van der Waals surface area contributed by atoms with E-state index in [-0.39, 0.29) is 12.4 Å². The Bertz CT molecular complexity index is 276. The third-order valence-electron chi connectivity index (χ3n) is 2.09. The van der Waals surface area contributed by atoms with Crippen LogP contribution in [0.4, 0.5) is 0 Å². The molecule has 0 heterocycles. The highest BCUT2D eigenvalue weighted by molar-refractivity contribution is 5.85. The molecule has 0 spiro atoms. The molecule has 0 aliphatic heterocycles. The number of hydrogen-bond donors (Lipinski definition) is 1. The zero-order chi connectivity index (χ0) is 9.68. The second-order valence-electron chi connectivity index (χ2n) is 3.21. The Kier molecular flexibility index (Phi) is 6.34. The largest absolute Gasteiger partial charge is 0.496 e. The molecule has 80 valence electrons. The van der Waals surface area contributed by atoms with Gasteiger partial charge in [-0.25, -0.2) is 0 Å². The van der Waals surface area contributed by atoms with Crippen LogP contribution in [0.5, 0.6) is 5.75 Å². The molecule has 3 heteroatoms. The minimum atomic E-state index is 0. The minimum Gasteiger partial charge on any atom is -0.496 e. The SMILES string of the molecule is COc1ccc(C)cc1CCCN.Cl. The van der Waals surface area contributed by atoms with E-state index in [4.69, 9.17) is 10.5 Å². The van der Waals surface area contributed by atoms with Crippen LogP contribution in [0, 0.1) is 6.92 Å². The van der Waals surface area contributed by atoms with E-state index in [0.717, 1.165) is 25.1 Å². The molecule has 1 rings (SSSR count). The first kappa shape index (κ1) is 13.3. The van der Waals surface area contributed by atoms with Crippen LogP contribution in [0.25, 0.3) is 0 Å². The Hall–Kier alpha value is -0.730. The van der Waals surface area contributed by atoms with E-state index in [1.807, 2.05) is 6.07 Å². The smallest absolute Gasteiger partial charge is 0.122 e. The maximum atomic E-state index is 5.47. The molecule has 1 aromatic carbocycles. The van der Waals surface area contributed by atoms with Crippen LogP contribution in [0.2, 0.25) is 0 Å². The third-order valence-corrected chi connectivity index (χ3v) is 2.09. The zero-order valence-corrected chi connectivity index (χ0v) is 9.56.